The van der Waals surface area contributed by atoms with E-state index in [1.54, 1.807) is 19.1 Å². The van der Waals surface area contributed by atoms with Crippen molar-refractivity contribution in [2.75, 3.05) is 5.32 Å². The number of rotatable bonds is 3. The molecule has 0 saturated carbocycles. The van der Waals surface area contributed by atoms with Gasteiger partial charge in [0.2, 0.25) is 0 Å². The number of nitrogens with two attached hydrogens (primary N) is 1. The highest BCUT2D eigenvalue weighted by Gasteiger charge is 2.10. The van der Waals surface area contributed by atoms with Gasteiger partial charge in [-0.1, -0.05) is 12.1 Å². The van der Waals surface area contributed by atoms with Crippen LogP contribution in [0.5, 0.6) is 0 Å². The minimum atomic E-state index is -0.431. The second-order valence-electron chi connectivity index (χ2n) is 4.76. The van der Waals surface area contributed by atoms with E-state index >= 15 is 0 Å². The predicted molar refractivity (Wildman–Crippen MR) is 78.8 cm³/mol. The summed E-state index contributed by atoms with van der Waals surface area (Å²) in [5, 5.41) is 2.68. The highest BCUT2D eigenvalue weighted by molar-refractivity contribution is 6.03. The Labute approximate surface area is 116 Å². The van der Waals surface area contributed by atoms with Crippen molar-refractivity contribution >= 4 is 11.6 Å². The molecule has 1 atom stereocenters. The molecule has 20 heavy (non-hydrogen) atoms. The molecule has 104 valence electrons. The number of carbonyl (C=O) groups excluding carboxylic acids is 1. The predicted octanol–water partition coefficient (Wildman–Crippen LogP) is 1.96. The second-order valence-corrected chi connectivity index (χ2v) is 4.76. The van der Waals surface area contributed by atoms with E-state index in [-0.39, 0.29) is 17.0 Å². The summed E-state index contributed by atoms with van der Waals surface area (Å²) in [7, 11) is 0. The number of H-pyrrole nitrogens is 1. The van der Waals surface area contributed by atoms with Gasteiger partial charge in [0.05, 0.1) is 0 Å². The van der Waals surface area contributed by atoms with Gasteiger partial charge in [-0.25, -0.2) is 0 Å². The van der Waals surface area contributed by atoms with Gasteiger partial charge in [-0.15, -0.1) is 0 Å². The zero-order valence-corrected chi connectivity index (χ0v) is 11.4. The number of carbonyl (C=O) groups is 1. The van der Waals surface area contributed by atoms with Gasteiger partial charge in [0.15, 0.2) is 5.43 Å². The van der Waals surface area contributed by atoms with Crippen molar-refractivity contribution in [3.8, 4) is 0 Å². The summed E-state index contributed by atoms with van der Waals surface area (Å²) in [6, 6.07) is 8.56. The van der Waals surface area contributed by atoms with Crippen LogP contribution in [-0.4, -0.2) is 10.9 Å². The summed E-state index contributed by atoms with van der Waals surface area (Å²) in [6.45, 7) is 3.65. The summed E-state index contributed by atoms with van der Waals surface area (Å²) in [5.41, 5.74) is 7.87. The molecule has 1 unspecified atom stereocenters. The summed E-state index contributed by atoms with van der Waals surface area (Å²) >= 11 is 0. The third-order valence-electron chi connectivity index (χ3n) is 3.00. The topological polar surface area (TPSA) is 88.0 Å². The van der Waals surface area contributed by atoms with Crippen molar-refractivity contribution in [3.63, 3.8) is 0 Å². The fraction of sp³-hybridized carbons (Fsp3) is 0.200. The number of hydrogen-bond donors (Lipinski definition) is 3. The molecule has 2 aromatic rings. The molecule has 4 N–H and O–H groups in total. The van der Waals surface area contributed by atoms with Gasteiger partial charge in [0, 0.05) is 29.7 Å². The number of benzene rings is 1. The lowest BCUT2D eigenvalue weighted by Crippen LogP contribution is -2.21. The van der Waals surface area contributed by atoms with Crippen molar-refractivity contribution < 1.29 is 4.79 Å². The highest BCUT2D eigenvalue weighted by atomic mass is 16.2. The second kappa shape index (κ2) is 5.71. The molecule has 0 bridgehead atoms. The fourth-order valence-electron chi connectivity index (χ4n) is 1.82. The molecule has 0 radical (unpaired) electrons. The van der Waals surface area contributed by atoms with Crippen LogP contribution in [0.15, 0.2) is 41.3 Å². The quantitative estimate of drug-likeness (QED) is 0.797. The van der Waals surface area contributed by atoms with Crippen LogP contribution < -0.4 is 16.5 Å². The van der Waals surface area contributed by atoms with E-state index < -0.39 is 5.91 Å². The van der Waals surface area contributed by atoms with Crippen LogP contribution in [-0.2, 0) is 0 Å². The number of hydrogen-bond acceptors (Lipinski definition) is 3. The number of nitrogens with one attached hydrogen (secondary N) is 2. The average molecular weight is 271 g/mol. The zero-order valence-electron chi connectivity index (χ0n) is 11.4. The SMILES string of the molecule is Cc1cc(=O)c(C(=O)Nc2ccc(C(C)N)cc2)c[nH]1. The first-order valence-corrected chi connectivity index (χ1v) is 6.33. The normalized spacial score (nSPS) is 11.9. The largest absolute Gasteiger partial charge is 0.364 e. The van der Waals surface area contributed by atoms with Crippen molar-refractivity contribution in [1.82, 2.24) is 4.98 Å². The van der Waals surface area contributed by atoms with E-state index in [0.717, 1.165) is 5.56 Å². The van der Waals surface area contributed by atoms with E-state index in [0.29, 0.717) is 11.4 Å². The molecule has 0 aliphatic rings. The van der Waals surface area contributed by atoms with E-state index in [2.05, 4.69) is 10.3 Å². The number of aromatic amines is 1. The Bertz CT molecular complexity index is 672. The molecule has 0 aliphatic carbocycles. The lowest BCUT2D eigenvalue weighted by Gasteiger charge is -2.08. The molecule has 2 rings (SSSR count). The molecular weight excluding hydrogens is 254 g/mol. The molecule has 0 spiro atoms. The average Bonchev–Trinajstić information content (AvgIpc) is 2.39. The molecule has 1 amide bonds. The minimum absolute atomic E-state index is 0.0558. The minimum Gasteiger partial charge on any atom is -0.364 e. The molecule has 5 heteroatoms. The maximum Gasteiger partial charge on any atom is 0.261 e. The summed E-state index contributed by atoms with van der Waals surface area (Å²) in [5.74, 6) is -0.431. The van der Waals surface area contributed by atoms with Crippen LogP contribution in [0.4, 0.5) is 5.69 Å². The number of aryl methyl sites for hydroxylation is 1. The van der Waals surface area contributed by atoms with E-state index in [1.165, 1.54) is 12.3 Å². The van der Waals surface area contributed by atoms with Gasteiger partial charge in [0.1, 0.15) is 5.56 Å². The van der Waals surface area contributed by atoms with Gasteiger partial charge >= 0.3 is 0 Å². The Morgan fingerprint density at radius 3 is 2.50 bits per heavy atom. The molecule has 0 aliphatic heterocycles. The lowest BCUT2D eigenvalue weighted by molar-refractivity contribution is 0.102. The third-order valence-corrected chi connectivity index (χ3v) is 3.00. The third kappa shape index (κ3) is 3.13. The molecule has 1 heterocycles. The zero-order chi connectivity index (χ0) is 14.7. The van der Waals surface area contributed by atoms with Gasteiger partial charge in [-0.3, -0.25) is 9.59 Å². The van der Waals surface area contributed by atoms with Crippen molar-refractivity contribution in [3.05, 3.63) is 63.6 Å². The molecule has 0 fully saturated rings. The van der Waals surface area contributed by atoms with Gasteiger partial charge in [-0.2, -0.15) is 0 Å². The number of anilines is 1. The summed E-state index contributed by atoms with van der Waals surface area (Å²) < 4.78 is 0. The highest BCUT2D eigenvalue weighted by Crippen LogP contribution is 2.14. The molecule has 1 aromatic heterocycles. The Balaban J connectivity index is 2.17. The smallest absolute Gasteiger partial charge is 0.261 e. The number of amides is 1. The van der Waals surface area contributed by atoms with Crippen LogP contribution in [0.1, 0.15) is 34.6 Å². The van der Waals surface area contributed by atoms with Crippen molar-refractivity contribution in [2.45, 2.75) is 19.9 Å². The van der Waals surface area contributed by atoms with Crippen LogP contribution in [0.3, 0.4) is 0 Å². The van der Waals surface area contributed by atoms with Gasteiger partial charge in [0.25, 0.3) is 5.91 Å². The first kappa shape index (κ1) is 14.0. The maximum atomic E-state index is 12.0. The van der Waals surface area contributed by atoms with Gasteiger partial charge < -0.3 is 16.0 Å². The van der Waals surface area contributed by atoms with Crippen LogP contribution >= 0.6 is 0 Å². The molecular formula is C15H17N3O2. The Morgan fingerprint density at radius 2 is 1.95 bits per heavy atom. The van der Waals surface area contributed by atoms with Crippen LogP contribution in [0.25, 0.3) is 0 Å². The van der Waals surface area contributed by atoms with Crippen molar-refractivity contribution in [2.24, 2.45) is 5.73 Å². The van der Waals surface area contributed by atoms with Crippen molar-refractivity contribution in [1.29, 1.82) is 0 Å². The number of pyridine rings is 1. The molecule has 0 saturated heterocycles. The number of aromatic nitrogens is 1. The first-order chi connectivity index (χ1) is 9.47. The molecule has 1 aromatic carbocycles. The first-order valence-electron chi connectivity index (χ1n) is 6.33. The molecule has 5 nitrogen and oxygen atoms in total. The monoisotopic (exact) mass is 271 g/mol. The lowest BCUT2D eigenvalue weighted by atomic mass is 10.1. The van der Waals surface area contributed by atoms with Crippen LogP contribution in [0.2, 0.25) is 0 Å². The Morgan fingerprint density at radius 1 is 1.30 bits per heavy atom. The van der Waals surface area contributed by atoms with Gasteiger partial charge in [-0.05, 0) is 31.5 Å². The van der Waals surface area contributed by atoms with E-state index in [4.69, 9.17) is 5.73 Å². The maximum absolute atomic E-state index is 12.0. The standard InChI is InChI=1S/C15H17N3O2/c1-9-7-14(19)13(8-17-9)15(20)18-12-5-3-11(4-6-12)10(2)16/h3-8,10H,16H2,1-2H3,(H,17,19)(H,18,20). The van der Waals surface area contributed by atoms with Crippen LogP contribution in [0, 0.1) is 6.92 Å². The summed E-state index contributed by atoms with van der Waals surface area (Å²) in [6.07, 6.45) is 1.42. The Kier molecular flexibility index (Phi) is 4.00. The van der Waals surface area contributed by atoms with E-state index in [1.807, 2.05) is 19.1 Å². The Hall–Kier alpha value is -2.40. The van der Waals surface area contributed by atoms with E-state index in [9.17, 15) is 9.59 Å². The summed E-state index contributed by atoms with van der Waals surface area (Å²) in [4.78, 5) is 26.6. The fourth-order valence-corrected chi connectivity index (χ4v) is 1.82.